The fraction of sp³-hybridized carbons (Fsp3) is 0. The smallest absolute Gasteiger partial charge is 0.306 e. The van der Waals surface area contributed by atoms with E-state index in [1.165, 1.54) is 12.5 Å². The average Bonchev–Trinajstić information content (AvgIpc) is 2.44. The molecule has 2 heterocycles. The van der Waals surface area contributed by atoms with E-state index in [0.29, 0.717) is 5.84 Å². The number of fused-ring (bicyclic) bond motifs is 1. The SMILES string of the molecule is N=Cc1cnc2occn12. The molecule has 50 valence electrons. The largest absolute Gasteiger partial charge is 0.432 e. The molecule has 2 rings (SSSR count). The van der Waals surface area contributed by atoms with Crippen molar-refractivity contribution >= 4 is 12.1 Å². The lowest BCUT2D eigenvalue weighted by atomic mass is 10.5. The maximum Gasteiger partial charge on any atom is 0.306 e. The van der Waals surface area contributed by atoms with Crippen molar-refractivity contribution in [3.63, 3.8) is 0 Å². The van der Waals surface area contributed by atoms with Crippen molar-refractivity contribution in [1.29, 1.82) is 5.41 Å². The number of hydrogen-bond donors (Lipinski definition) is 1. The summed E-state index contributed by atoms with van der Waals surface area (Å²) in [5.74, 6) is 0.526. The topological polar surface area (TPSA) is 54.3 Å². The van der Waals surface area contributed by atoms with Crippen LogP contribution in [0.5, 0.6) is 0 Å². The summed E-state index contributed by atoms with van der Waals surface area (Å²) in [6.07, 6.45) is 6.08. The Morgan fingerprint density at radius 3 is 3.40 bits per heavy atom. The minimum Gasteiger partial charge on any atom is -0.432 e. The molecule has 0 amide bonds. The maximum absolute atomic E-state index is 6.95. The van der Waals surface area contributed by atoms with Crippen molar-refractivity contribution in [3.8, 4) is 0 Å². The lowest BCUT2D eigenvalue weighted by molar-refractivity contribution is 0.596. The minimum atomic E-state index is 0.526. The van der Waals surface area contributed by atoms with Crippen LogP contribution in [0.1, 0.15) is 5.69 Å². The fourth-order valence-electron chi connectivity index (χ4n) is 0.852. The zero-order chi connectivity index (χ0) is 6.97. The normalized spacial score (nSPS) is 10.4. The van der Waals surface area contributed by atoms with Gasteiger partial charge < -0.3 is 9.83 Å². The van der Waals surface area contributed by atoms with Gasteiger partial charge in [-0.1, -0.05) is 0 Å². The third-order valence-corrected chi connectivity index (χ3v) is 1.32. The van der Waals surface area contributed by atoms with Crippen LogP contribution in [-0.4, -0.2) is 15.6 Å². The summed E-state index contributed by atoms with van der Waals surface area (Å²) in [6.45, 7) is 0. The highest BCUT2D eigenvalue weighted by Crippen LogP contribution is 2.03. The van der Waals surface area contributed by atoms with E-state index in [1.807, 2.05) is 0 Å². The molecular formula is C6H5N3O. The predicted octanol–water partition coefficient (Wildman–Crippen LogP) is 0.925. The maximum atomic E-state index is 6.95. The average molecular weight is 135 g/mol. The highest BCUT2D eigenvalue weighted by atomic mass is 16.3. The Morgan fingerprint density at radius 2 is 2.60 bits per heavy atom. The third-order valence-electron chi connectivity index (χ3n) is 1.32. The van der Waals surface area contributed by atoms with Gasteiger partial charge in [-0.05, 0) is 0 Å². The number of aromatic nitrogens is 2. The number of nitrogens with one attached hydrogen (secondary N) is 1. The first kappa shape index (κ1) is 5.22. The molecule has 2 aromatic heterocycles. The van der Waals surface area contributed by atoms with Crippen molar-refractivity contribution in [2.45, 2.75) is 0 Å². The van der Waals surface area contributed by atoms with Crippen LogP contribution in [0.2, 0.25) is 0 Å². The summed E-state index contributed by atoms with van der Waals surface area (Å²) < 4.78 is 6.65. The van der Waals surface area contributed by atoms with E-state index in [4.69, 9.17) is 9.83 Å². The van der Waals surface area contributed by atoms with Crippen LogP contribution in [0, 0.1) is 5.41 Å². The second-order valence-corrected chi connectivity index (χ2v) is 1.88. The lowest BCUT2D eigenvalue weighted by Gasteiger charge is -1.81. The molecule has 0 radical (unpaired) electrons. The van der Waals surface area contributed by atoms with Gasteiger partial charge in [-0.15, -0.1) is 0 Å². The van der Waals surface area contributed by atoms with E-state index in [0.717, 1.165) is 5.69 Å². The van der Waals surface area contributed by atoms with Crippen LogP contribution in [0.25, 0.3) is 5.84 Å². The van der Waals surface area contributed by atoms with Gasteiger partial charge in [0.05, 0.1) is 11.9 Å². The molecule has 0 saturated carbocycles. The second-order valence-electron chi connectivity index (χ2n) is 1.88. The number of nitrogens with zero attached hydrogens (tertiary/aromatic N) is 2. The molecule has 0 aromatic carbocycles. The van der Waals surface area contributed by atoms with E-state index in [-0.39, 0.29) is 0 Å². The molecule has 0 spiro atoms. The van der Waals surface area contributed by atoms with Gasteiger partial charge in [-0.2, -0.15) is 0 Å². The van der Waals surface area contributed by atoms with E-state index in [9.17, 15) is 0 Å². The molecule has 0 saturated heterocycles. The molecule has 0 aliphatic heterocycles. The summed E-state index contributed by atoms with van der Waals surface area (Å²) in [7, 11) is 0. The molecule has 4 heteroatoms. The predicted molar refractivity (Wildman–Crippen MR) is 35.3 cm³/mol. The number of oxazole rings is 1. The Labute approximate surface area is 56.6 Å². The first-order valence-electron chi connectivity index (χ1n) is 2.83. The molecule has 10 heavy (non-hydrogen) atoms. The van der Waals surface area contributed by atoms with Crippen LogP contribution in [0.15, 0.2) is 23.1 Å². The summed E-state index contributed by atoms with van der Waals surface area (Å²) in [4.78, 5) is 3.89. The highest BCUT2D eigenvalue weighted by molar-refractivity contribution is 5.75. The molecule has 4 nitrogen and oxygen atoms in total. The molecule has 0 unspecified atom stereocenters. The van der Waals surface area contributed by atoms with Gasteiger partial charge in [0, 0.05) is 12.4 Å². The fourth-order valence-corrected chi connectivity index (χ4v) is 0.852. The first-order valence-corrected chi connectivity index (χ1v) is 2.83. The molecule has 0 bridgehead atoms. The first-order chi connectivity index (χ1) is 4.92. The van der Waals surface area contributed by atoms with Crippen molar-refractivity contribution in [2.24, 2.45) is 0 Å². The third kappa shape index (κ3) is 0.500. The summed E-state index contributed by atoms with van der Waals surface area (Å²) in [6, 6.07) is 0. The van der Waals surface area contributed by atoms with Gasteiger partial charge >= 0.3 is 5.84 Å². The number of hydrogen-bond acceptors (Lipinski definition) is 3. The Hall–Kier alpha value is -1.58. The highest BCUT2D eigenvalue weighted by Gasteiger charge is 2.00. The van der Waals surface area contributed by atoms with E-state index >= 15 is 0 Å². The van der Waals surface area contributed by atoms with Crippen LogP contribution in [0.4, 0.5) is 0 Å². The number of imidazole rings is 1. The second kappa shape index (κ2) is 1.70. The minimum absolute atomic E-state index is 0.526. The Kier molecular flexibility index (Phi) is 0.887. The quantitative estimate of drug-likeness (QED) is 0.591. The van der Waals surface area contributed by atoms with E-state index < -0.39 is 0 Å². The Morgan fingerprint density at radius 1 is 1.70 bits per heavy atom. The molecule has 0 atom stereocenters. The Balaban J connectivity index is 2.88. The van der Waals surface area contributed by atoms with Crippen molar-refractivity contribution < 1.29 is 4.42 Å². The van der Waals surface area contributed by atoms with Gasteiger partial charge in [-0.3, -0.25) is 4.40 Å². The van der Waals surface area contributed by atoms with Crippen molar-refractivity contribution in [3.05, 3.63) is 24.4 Å². The van der Waals surface area contributed by atoms with E-state index in [2.05, 4.69) is 4.98 Å². The van der Waals surface area contributed by atoms with Crippen molar-refractivity contribution in [2.75, 3.05) is 0 Å². The molecular weight excluding hydrogens is 130 g/mol. The van der Waals surface area contributed by atoms with E-state index in [1.54, 1.807) is 16.8 Å². The molecule has 0 aliphatic rings. The molecule has 0 aliphatic carbocycles. The van der Waals surface area contributed by atoms with Crippen LogP contribution >= 0.6 is 0 Å². The van der Waals surface area contributed by atoms with Gasteiger partial charge in [0.1, 0.15) is 6.26 Å². The molecule has 0 fully saturated rings. The monoisotopic (exact) mass is 135 g/mol. The molecule has 2 aromatic rings. The van der Waals surface area contributed by atoms with Gasteiger partial charge in [0.15, 0.2) is 0 Å². The van der Waals surface area contributed by atoms with Gasteiger partial charge in [0.25, 0.3) is 0 Å². The summed E-state index contributed by atoms with van der Waals surface area (Å²) in [5.41, 5.74) is 0.726. The van der Waals surface area contributed by atoms with Gasteiger partial charge in [0.2, 0.25) is 0 Å². The zero-order valence-corrected chi connectivity index (χ0v) is 5.11. The molecule has 1 N–H and O–H groups in total. The van der Waals surface area contributed by atoms with Crippen LogP contribution in [-0.2, 0) is 0 Å². The zero-order valence-electron chi connectivity index (χ0n) is 5.11. The van der Waals surface area contributed by atoms with Crippen molar-refractivity contribution in [1.82, 2.24) is 9.38 Å². The van der Waals surface area contributed by atoms with Crippen LogP contribution in [0.3, 0.4) is 0 Å². The lowest BCUT2D eigenvalue weighted by Crippen LogP contribution is -1.83. The Bertz CT molecular complexity index is 360. The van der Waals surface area contributed by atoms with Gasteiger partial charge in [-0.25, -0.2) is 4.98 Å². The van der Waals surface area contributed by atoms with Crippen LogP contribution < -0.4 is 0 Å². The number of rotatable bonds is 1. The summed E-state index contributed by atoms with van der Waals surface area (Å²) in [5, 5.41) is 6.95. The standard InChI is InChI=1S/C6H5N3O/c7-3-5-4-8-6-9(5)1-2-10-6/h1-4,7H. The summed E-state index contributed by atoms with van der Waals surface area (Å²) >= 11 is 0.